The predicted molar refractivity (Wildman–Crippen MR) is 107 cm³/mol. The number of aryl methyl sites for hydroxylation is 2. The third-order valence-corrected chi connectivity index (χ3v) is 4.33. The molecule has 0 atom stereocenters. The Morgan fingerprint density at radius 2 is 1.75 bits per heavy atom. The summed E-state index contributed by atoms with van der Waals surface area (Å²) < 4.78 is 10.5. The van der Waals surface area contributed by atoms with E-state index in [0.717, 1.165) is 11.1 Å². The Balaban J connectivity index is 1.79. The van der Waals surface area contributed by atoms with Gasteiger partial charge in [0.05, 0.1) is 19.9 Å². The summed E-state index contributed by atoms with van der Waals surface area (Å²) in [6.07, 6.45) is 0. The number of anilines is 2. The van der Waals surface area contributed by atoms with Gasteiger partial charge in [0.2, 0.25) is 5.84 Å². The fourth-order valence-corrected chi connectivity index (χ4v) is 2.74. The summed E-state index contributed by atoms with van der Waals surface area (Å²) >= 11 is 0. The first-order chi connectivity index (χ1) is 13.4. The van der Waals surface area contributed by atoms with E-state index >= 15 is 0 Å². The van der Waals surface area contributed by atoms with Gasteiger partial charge in [-0.3, -0.25) is 20.0 Å². The lowest BCUT2D eigenvalue weighted by Gasteiger charge is -2.27. The molecule has 2 amide bonds. The average Bonchev–Trinajstić information content (AvgIpc) is 2.70. The van der Waals surface area contributed by atoms with E-state index in [0.29, 0.717) is 22.9 Å². The number of hydrazine groups is 1. The normalized spacial score (nSPS) is 13.5. The van der Waals surface area contributed by atoms with Crippen LogP contribution >= 0.6 is 0 Å². The number of amides is 2. The number of nitrogens with one attached hydrogen (secondary N) is 2. The van der Waals surface area contributed by atoms with Crippen LogP contribution in [-0.2, 0) is 9.59 Å². The van der Waals surface area contributed by atoms with E-state index in [1.165, 1.54) is 12.1 Å². The summed E-state index contributed by atoms with van der Waals surface area (Å²) in [6, 6.07) is 10.8. The molecule has 0 spiro atoms. The highest BCUT2D eigenvalue weighted by atomic mass is 16.5. The molecule has 8 nitrogen and oxygen atoms in total. The number of benzene rings is 2. The quantitative estimate of drug-likeness (QED) is 0.827. The van der Waals surface area contributed by atoms with Gasteiger partial charge < -0.3 is 14.8 Å². The maximum absolute atomic E-state index is 12.7. The predicted octanol–water partition coefficient (Wildman–Crippen LogP) is 2.21. The molecule has 1 aliphatic rings. The molecule has 3 rings (SSSR count). The van der Waals surface area contributed by atoms with Crippen LogP contribution in [0.3, 0.4) is 0 Å². The van der Waals surface area contributed by atoms with E-state index in [1.54, 1.807) is 31.4 Å². The van der Waals surface area contributed by atoms with E-state index < -0.39 is 5.91 Å². The zero-order valence-corrected chi connectivity index (χ0v) is 16.2. The summed E-state index contributed by atoms with van der Waals surface area (Å²) in [4.78, 5) is 29.0. The molecule has 0 aromatic heterocycles. The molecule has 28 heavy (non-hydrogen) atoms. The highest BCUT2D eigenvalue weighted by molar-refractivity contribution is 6.43. The van der Waals surface area contributed by atoms with Gasteiger partial charge in [-0.05, 0) is 37.6 Å². The zero-order chi connectivity index (χ0) is 20.3. The SMILES string of the molecule is COc1cc(C)c(NC(=O)C2=NCC(=O)N(c3ccc(C)cc3)N2)cc1OC. The second kappa shape index (κ2) is 7.99. The van der Waals surface area contributed by atoms with Gasteiger partial charge >= 0.3 is 0 Å². The van der Waals surface area contributed by atoms with Crippen LogP contribution in [0.1, 0.15) is 11.1 Å². The molecular formula is C20H22N4O4. The first-order valence-electron chi connectivity index (χ1n) is 8.67. The van der Waals surface area contributed by atoms with Crippen LogP contribution in [0.25, 0.3) is 0 Å². The third kappa shape index (κ3) is 3.90. The van der Waals surface area contributed by atoms with Crippen molar-refractivity contribution >= 4 is 29.0 Å². The van der Waals surface area contributed by atoms with Crippen LogP contribution in [0, 0.1) is 13.8 Å². The number of hydrogen-bond donors (Lipinski definition) is 2. The minimum Gasteiger partial charge on any atom is -0.493 e. The molecule has 1 heterocycles. The topological polar surface area (TPSA) is 92.3 Å². The van der Waals surface area contributed by atoms with E-state index in [2.05, 4.69) is 15.7 Å². The molecule has 0 fully saturated rings. The largest absolute Gasteiger partial charge is 0.493 e. The number of carbonyl (C=O) groups excluding carboxylic acids is 2. The summed E-state index contributed by atoms with van der Waals surface area (Å²) in [6.45, 7) is 3.69. The molecule has 146 valence electrons. The number of aliphatic imine (C=N–C) groups is 1. The maximum Gasteiger partial charge on any atom is 0.292 e. The molecule has 2 aromatic rings. The number of ether oxygens (including phenoxy) is 2. The summed E-state index contributed by atoms with van der Waals surface area (Å²) in [7, 11) is 3.07. The Labute approximate surface area is 163 Å². The molecule has 2 aromatic carbocycles. The van der Waals surface area contributed by atoms with Gasteiger partial charge in [0.25, 0.3) is 11.8 Å². The lowest BCUT2D eigenvalue weighted by molar-refractivity contribution is -0.118. The average molecular weight is 382 g/mol. The monoisotopic (exact) mass is 382 g/mol. The Morgan fingerprint density at radius 3 is 2.39 bits per heavy atom. The van der Waals surface area contributed by atoms with Crippen molar-refractivity contribution in [2.24, 2.45) is 4.99 Å². The van der Waals surface area contributed by atoms with Crippen molar-refractivity contribution in [3.63, 3.8) is 0 Å². The summed E-state index contributed by atoms with van der Waals surface area (Å²) in [5, 5.41) is 4.12. The van der Waals surface area contributed by atoms with Gasteiger partial charge in [-0.1, -0.05) is 17.7 Å². The smallest absolute Gasteiger partial charge is 0.292 e. The van der Waals surface area contributed by atoms with Crippen molar-refractivity contribution < 1.29 is 19.1 Å². The number of carbonyl (C=O) groups is 2. The first-order valence-corrected chi connectivity index (χ1v) is 8.67. The highest BCUT2D eigenvalue weighted by Gasteiger charge is 2.26. The molecule has 1 aliphatic heterocycles. The van der Waals surface area contributed by atoms with E-state index in [9.17, 15) is 9.59 Å². The molecule has 0 saturated carbocycles. The van der Waals surface area contributed by atoms with Crippen molar-refractivity contribution in [1.29, 1.82) is 0 Å². The number of rotatable bonds is 5. The second-order valence-corrected chi connectivity index (χ2v) is 6.32. The summed E-state index contributed by atoms with van der Waals surface area (Å²) in [5.41, 5.74) is 5.87. The van der Waals surface area contributed by atoms with Crippen molar-refractivity contribution in [3.8, 4) is 11.5 Å². The van der Waals surface area contributed by atoms with Gasteiger partial charge in [0.1, 0.15) is 6.54 Å². The van der Waals surface area contributed by atoms with Gasteiger partial charge in [-0.25, -0.2) is 5.01 Å². The third-order valence-electron chi connectivity index (χ3n) is 4.33. The molecular weight excluding hydrogens is 360 g/mol. The van der Waals surface area contributed by atoms with E-state index in [-0.39, 0.29) is 18.3 Å². The van der Waals surface area contributed by atoms with E-state index in [4.69, 9.17) is 9.47 Å². The van der Waals surface area contributed by atoms with Crippen LogP contribution in [-0.4, -0.2) is 38.4 Å². The number of amidine groups is 1. The van der Waals surface area contributed by atoms with Crippen LogP contribution in [0.15, 0.2) is 41.4 Å². The van der Waals surface area contributed by atoms with Crippen LogP contribution in [0.2, 0.25) is 0 Å². The van der Waals surface area contributed by atoms with Crippen LogP contribution in [0.5, 0.6) is 11.5 Å². The molecule has 0 aliphatic carbocycles. The fourth-order valence-electron chi connectivity index (χ4n) is 2.74. The van der Waals surface area contributed by atoms with Crippen molar-refractivity contribution in [3.05, 3.63) is 47.5 Å². The second-order valence-electron chi connectivity index (χ2n) is 6.32. The lowest BCUT2D eigenvalue weighted by atomic mass is 10.1. The van der Waals surface area contributed by atoms with E-state index in [1.807, 2.05) is 26.0 Å². The van der Waals surface area contributed by atoms with Gasteiger partial charge in [-0.15, -0.1) is 0 Å². The summed E-state index contributed by atoms with van der Waals surface area (Å²) in [5.74, 6) is 0.415. The highest BCUT2D eigenvalue weighted by Crippen LogP contribution is 2.32. The van der Waals surface area contributed by atoms with Crippen molar-refractivity contribution in [1.82, 2.24) is 5.43 Å². The number of hydrogen-bond acceptors (Lipinski definition) is 6. The van der Waals surface area contributed by atoms with Crippen LogP contribution < -0.4 is 25.2 Å². The van der Waals surface area contributed by atoms with Crippen LogP contribution in [0.4, 0.5) is 11.4 Å². The lowest BCUT2D eigenvalue weighted by Crippen LogP contribution is -2.54. The Hall–Kier alpha value is -3.55. The van der Waals surface area contributed by atoms with Gasteiger partial charge in [0.15, 0.2) is 11.5 Å². The van der Waals surface area contributed by atoms with Crippen molar-refractivity contribution in [2.45, 2.75) is 13.8 Å². The van der Waals surface area contributed by atoms with Gasteiger partial charge in [0, 0.05) is 11.8 Å². The molecule has 2 N–H and O–H groups in total. The Morgan fingerprint density at radius 1 is 1.11 bits per heavy atom. The minimum absolute atomic E-state index is 0.0503. The number of nitrogens with zero attached hydrogens (tertiary/aromatic N) is 2. The molecule has 0 unspecified atom stereocenters. The number of methoxy groups -OCH3 is 2. The van der Waals surface area contributed by atoms with Crippen molar-refractivity contribution in [2.75, 3.05) is 31.1 Å². The minimum atomic E-state index is -0.458. The fraction of sp³-hybridized carbons (Fsp3) is 0.250. The van der Waals surface area contributed by atoms with Gasteiger partial charge in [-0.2, -0.15) is 0 Å². The standard InChI is InChI=1S/C20H22N4O4/c1-12-5-7-14(8-6-12)24-18(25)11-21-19(23-24)20(26)22-15-10-17(28-4)16(27-3)9-13(15)2/h5-10H,11H2,1-4H3,(H,21,23)(H,22,26). The Kier molecular flexibility index (Phi) is 5.49. The zero-order valence-electron chi connectivity index (χ0n) is 16.2. The molecule has 0 saturated heterocycles. The Bertz CT molecular complexity index is 938. The molecule has 0 bridgehead atoms. The maximum atomic E-state index is 12.7. The molecule has 8 heteroatoms. The first kappa shape index (κ1) is 19.2. The molecule has 0 radical (unpaired) electrons.